The third-order valence-corrected chi connectivity index (χ3v) is 0.440. The molecule has 0 bridgehead atoms. The van der Waals surface area contributed by atoms with Crippen LogP contribution >= 0.6 is 37.2 Å². The van der Waals surface area contributed by atoms with E-state index in [0.29, 0.717) is 13.2 Å². The van der Waals surface area contributed by atoms with Gasteiger partial charge in [0.2, 0.25) is 0 Å². The molecular formula is C4H13Cl3O2V. The average molecular weight is 250 g/mol. The van der Waals surface area contributed by atoms with Gasteiger partial charge >= 0.3 is 0 Å². The molecule has 0 aliphatic heterocycles. The molecule has 0 fully saturated rings. The number of hydrogen-bond acceptors (Lipinski definition) is 2. The van der Waals surface area contributed by atoms with Crippen molar-refractivity contribution in [1.82, 2.24) is 0 Å². The van der Waals surface area contributed by atoms with Gasteiger partial charge in [-0.15, -0.1) is 37.2 Å². The van der Waals surface area contributed by atoms with Crippen molar-refractivity contribution >= 4 is 37.2 Å². The van der Waals surface area contributed by atoms with Crippen molar-refractivity contribution in [3.63, 3.8) is 0 Å². The minimum absolute atomic E-state index is 0. The van der Waals surface area contributed by atoms with E-state index in [9.17, 15) is 0 Å². The van der Waals surface area contributed by atoms with Crippen molar-refractivity contribution in [3.05, 3.63) is 0 Å². The predicted octanol–water partition coefficient (Wildman–Crippen LogP) is 1.28. The molecule has 67 valence electrons. The van der Waals surface area contributed by atoms with Crippen LogP contribution in [0.5, 0.6) is 0 Å². The van der Waals surface area contributed by atoms with E-state index >= 15 is 0 Å². The zero-order chi connectivity index (χ0) is 4.83. The molecule has 0 atom stereocenters. The fraction of sp³-hybridized carbons (Fsp3) is 1.00. The molecule has 0 saturated carbocycles. The average Bonchev–Trinajstić information content (AvgIpc) is 1.61. The Morgan fingerprint density at radius 1 is 1.20 bits per heavy atom. The number of rotatable bonds is 3. The van der Waals surface area contributed by atoms with Crippen LogP contribution in [-0.2, 0) is 23.3 Å². The molecule has 6 heteroatoms. The zero-order valence-corrected chi connectivity index (χ0v) is 9.49. The SMILES string of the molecule is CCOCCO.Cl.Cl.Cl.[V]. The minimum atomic E-state index is 0. The fourth-order valence-corrected chi connectivity index (χ4v) is 0.209. The molecule has 0 rings (SSSR count). The molecule has 0 saturated heterocycles. The smallest absolute Gasteiger partial charge is 0.0697 e. The first kappa shape index (κ1) is 30.1. The molecule has 0 aliphatic carbocycles. The maximum absolute atomic E-state index is 8.07. The van der Waals surface area contributed by atoms with E-state index in [1.807, 2.05) is 6.92 Å². The van der Waals surface area contributed by atoms with Crippen LogP contribution in [0.4, 0.5) is 0 Å². The fourth-order valence-electron chi connectivity index (χ4n) is 0.209. The first-order valence-electron chi connectivity index (χ1n) is 2.10. The minimum Gasteiger partial charge on any atom is -0.394 e. The summed E-state index contributed by atoms with van der Waals surface area (Å²) in [5.74, 6) is 0. The largest absolute Gasteiger partial charge is 0.394 e. The molecule has 0 aliphatic rings. The third kappa shape index (κ3) is 34.4. The standard InChI is InChI=1S/C4H10O2.3ClH.V/c1-2-6-4-3-5;;;;/h5H,2-4H2,1H3;3*1H;. The summed E-state index contributed by atoms with van der Waals surface area (Å²) in [5, 5.41) is 8.07. The first-order chi connectivity index (χ1) is 2.91. The summed E-state index contributed by atoms with van der Waals surface area (Å²) in [6.45, 7) is 3.20. The monoisotopic (exact) mass is 249 g/mol. The predicted molar refractivity (Wildman–Crippen MR) is 45.3 cm³/mol. The van der Waals surface area contributed by atoms with Crippen LogP contribution in [-0.4, -0.2) is 24.9 Å². The van der Waals surface area contributed by atoms with E-state index in [1.54, 1.807) is 0 Å². The van der Waals surface area contributed by atoms with Crippen LogP contribution in [0.3, 0.4) is 0 Å². The summed E-state index contributed by atoms with van der Waals surface area (Å²) in [5.41, 5.74) is 0. The molecule has 1 N–H and O–H groups in total. The van der Waals surface area contributed by atoms with Gasteiger partial charge in [0.25, 0.3) is 0 Å². The number of ether oxygens (including phenoxy) is 1. The van der Waals surface area contributed by atoms with Gasteiger partial charge < -0.3 is 9.84 Å². The van der Waals surface area contributed by atoms with Crippen LogP contribution < -0.4 is 0 Å². The summed E-state index contributed by atoms with van der Waals surface area (Å²) in [6, 6.07) is 0. The van der Waals surface area contributed by atoms with Crippen LogP contribution in [0.2, 0.25) is 0 Å². The van der Waals surface area contributed by atoms with Crippen molar-refractivity contribution in [3.8, 4) is 0 Å². The molecule has 1 radical (unpaired) electrons. The molecule has 0 amide bonds. The molecule has 0 aromatic carbocycles. The number of halogens is 3. The van der Waals surface area contributed by atoms with Crippen molar-refractivity contribution in [1.29, 1.82) is 0 Å². The van der Waals surface area contributed by atoms with Gasteiger partial charge in [-0.05, 0) is 6.92 Å². The second kappa shape index (κ2) is 31.6. The van der Waals surface area contributed by atoms with Crippen LogP contribution in [0.1, 0.15) is 6.92 Å². The number of aliphatic hydroxyl groups is 1. The Balaban J connectivity index is -0.0000000208. The van der Waals surface area contributed by atoms with Crippen molar-refractivity contribution in [2.45, 2.75) is 6.92 Å². The van der Waals surface area contributed by atoms with Gasteiger partial charge in [0.1, 0.15) is 0 Å². The Kier molecular flexibility index (Phi) is 95.1. The van der Waals surface area contributed by atoms with Crippen molar-refractivity contribution in [2.24, 2.45) is 0 Å². The van der Waals surface area contributed by atoms with E-state index in [0.717, 1.165) is 0 Å². The molecule has 0 unspecified atom stereocenters. The van der Waals surface area contributed by atoms with Gasteiger partial charge in [-0.25, -0.2) is 0 Å². The van der Waals surface area contributed by atoms with Gasteiger partial charge in [-0.1, -0.05) is 0 Å². The van der Waals surface area contributed by atoms with Gasteiger partial charge in [-0.2, -0.15) is 0 Å². The zero-order valence-electron chi connectivity index (χ0n) is 5.65. The summed E-state index contributed by atoms with van der Waals surface area (Å²) < 4.78 is 4.73. The molecule has 0 aromatic rings. The maximum atomic E-state index is 8.07. The van der Waals surface area contributed by atoms with E-state index in [-0.39, 0.29) is 62.4 Å². The second-order valence-corrected chi connectivity index (χ2v) is 0.921. The van der Waals surface area contributed by atoms with E-state index < -0.39 is 0 Å². The van der Waals surface area contributed by atoms with Crippen molar-refractivity contribution in [2.75, 3.05) is 19.8 Å². The Hall–Kier alpha value is 1.37. The van der Waals surface area contributed by atoms with E-state index in [1.165, 1.54) is 0 Å². The quantitative estimate of drug-likeness (QED) is 0.765. The van der Waals surface area contributed by atoms with Gasteiger partial charge in [0.15, 0.2) is 0 Å². The van der Waals surface area contributed by atoms with Crippen LogP contribution in [0.15, 0.2) is 0 Å². The van der Waals surface area contributed by atoms with Crippen LogP contribution in [0, 0.1) is 0 Å². The Morgan fingerprint density at radius 2 is 1.60 bits per heavy atom. The summed E-state index contributed by atoms with van der Waals surface area (Å²) >= 11 is 0. The molecule has 0 spiro atoms. The van der Waals surface area contributed by atoms with Crippen molar-refractivity contribution < 1.29 is 28.4 Å². The molecular weight excluding hydrogens is 237 g/mol. The molecule has 10 heavy (non-hydrogen) atoms. The normalized spacial score (nSPS) is 5.40. The van der Waals surface area contributed by atoms with E-state index in [4.69, 9.17) is 9.84 Å². The maximum Gasteiger partial charge on any atom is 0.0697 e. The molecule has 2 nitrogen and oxygen atoms in total. The summed E-state index contributed by atoms with van der Waals surface area (Å²) in [4.78, 5) is 0. The van der Waals surface area contributed by atoms with Crippen LogP contribution in [0.25, 0.3) is 0 Å². The van der Waals surface area contributed by atoms with E-state index in [2.05, 4.69) is 0 Å². The second-order valence-electron chi connectivity index (χ2n) is 0.921. The summed E-state index contributed by atoms with van der Waals surface area (Å²) in [6.07, 6.45) is 0. The van der Waals surface area contributed by atoms with Gasteiger partial charge in [0, 0.05) is 25.2 Å². The number of aliphatic hydroxyl groups excluding tert-OH is 1. The first-order valence-corrected chi connectivity index (χ1v) is 2.10. The Morgan fingerprint density at radius 3 is 1.70 bits per heavy atom. The molecule has 0 heterocycles. The van der Waals surface area contributed by atoms with Gasteiger partial charge in [-0.3, -0.25) is 0 Å². The number of hydrogen-bond donors (Lipinski definition) is 1. The Labute approximate surface area is 92.2 Å². The Bertz CT molecular complexity index is 30.5. The topological polar surface area (TPSA) is 29.5 Å². The molecule has 0 aromatic heterocycles. The third-order valence-electron chi connectivity index (χ3n) is 0.440. The summed E-state index contributed by atoms with van der Waals surface area (Å²) in [7, 11) is 0. The van der Waals surface area contributed by atoms with Gasteiger partial charge in [0.05, 0.1) is 13.2 Å².